The van der Waals surface area contributed by atoms with Gasteiger partial charge in [0, 0.05) is 33.6 Å². The highest BCUT2D eigenvalue weighted by Gasteiger charge is 2.22. The fourth-order valence-corrected chi connectivity index (χ4v) is 1.89. The zero-order chi connectivity index (χ0) is 11.5. The molecule has 0 radical (unpaired) electrons. The first-order valence-electron chi connectivity index (χ1n) is 4.12. The van der Waals surface area contributed by atoms with Crippen molar-refractivity contribution in [1.82, 2.24) is 8.61 Å². The van der Waals surface area contributed by atoms with Crippen molar-refractivity contribution < 1.29 is 8.42 Å². The zero-order valence-electron chi connectivity index (χ0n) is 8.89. The van der Waals surface area contributed by atoms with Crippen LogP contribution in [-0.2, 0) is 10.2 Å². The molecule has 0 aromatic carbocycles. The van der Waals surface area contributed by atoms with Crippen LogP contribution in [0.25, 0.3) is 0 Å². The molecule has 0 fully saturated rings. The molecule has 0 heterocycles. The van der Waals surface area contributed by atoms with Crippen LogP contribution in [0.3, 0.4) is 0 Å². The number of hydrogen-bond donors (Lipinski definition) is 1. The summed E-state index contributed by atoms with van der Waals surface area (Å²) >= 11 is 4.77. The third-order valence-electron chi connectivity index (χ3n) is 1.87. The molecule has 1 atom stereocenters. The molecule has 7 heteroatoms. The summed E-state index contributed by atoms with van der Waals surface area (Å²) in [5.74, 6) is -0.121. The normalized spacial score (nSPS) is 14.7. The van der Waals surface area contributed by atoms with E-state index in [-0.39, 0.29) is 5.92 Å². The molecule has 0 saturated heterocycles. The maximum absolute atomic E-state index is 11.6. The standard InChI is InChI=1S/C7H17N3O2S2/c1-6(7(8)13)5-10(4)14(11,12)9(2)3/h6H,5H2,1-4H3,(H2,8,13). The van der Waals surface area contributed by atoms with Gasteiger partial charge in [0.15, 0.2) is 0 Å². The Morgan fingerprint density at radius 3 is 2.14 bits per heavy atom. The van der Waals surface area contributed by atoms with Crippen LogP contribution in [0.2, 0.25) is 0 Å². The van der Waals surface area contributed by atoms with E-state index < -0.39 is 10.2 Å². The van der Waals surface area contributed by atoms with Gasteiger partial charge in [-0.15, -0.1) is 0 Å². The molecule has 1 unspecified atom stereocenters. The number of nitrogens with two attached hydrogens (primary N) is 1. The van der Waals surface area contributed by atoms with Crippen molar-refractivity contribution in [3.63, 3.8) is 0 Å². The lowest BCUT2D eigenvalue weighted by Crippen LogP contribution is -2.41. The SMILES string of the molecule is CC(CN(C)S(=O)(=O)N(C)C)C(N)=S. The van der Waals surface area contributed by atoms with Crippen molar-refractivity contribution in [2.45, 2.75) is 6.92 Å². The van der Waals surface area contributed by atoms with Crippen molar-refractivity contribution in [1.29, 1.82) is 0 Å². The van der Waals surface area contributed by atoms with E-state index >= 15 is 0 Å². The largest absolute Gasteiger partial charge is 0.393 e. The van der Waals surface area contributed by atoms with Gasteiger partial charge in [-0.2, -0.15) is 17.0 Å². The van der Waals surface area contributed by atoms with Gasteiger partial charge in [0.25, 0.3) is 10.2 Å². The fraction of sp³-hybridized carbons (Fsp3) is 0.857. The molecule has 14 heavy (non-hydrogen) atoms. The Balaban J connectivity index is 4.51. The average molecular weight is 239 g/mol. The third kappa shape index (κ3) is 3.49. The summed E-state index contributed by atoms with van der Waals surface area (Å²) in [5, 5.41) is 0. The summed E-state index contributed by atoms with van der Waals surface area (Å²) in [4.78, 5) is 0.325. The molecule has 0 aromatic heterocycles. The molecule has 0 amide bonds. The smallest absolute Gasteiger partial charge is 0.281 e. The van der Waals surface area contributed by atoms with E-state index in [9.17, 15) is 8.42 Å². The average Bonchev–Trinajstić information content (AvgIpc) is 2.03. The molecule has 0 rings (SSSR count). The quantitative estimate of drug-likeness (QED) is 0.666. The monoisotopic (exact) mass is 239 g/mol. The number of rotatable bonds is 5. The fourth-order valence-electron chi connectivity index (χ4n) is 0.849. The van der Waals surface area contributed by atoms with Gasteiger partial charge in [-0.05, 0) is 0 Å². The van der Waals surface area contributed by atoms with Gasteiger partial charge in [-0.1, -0.05) is 19.1 Å². The van der Waals surface area contributed by atoms with Crippen LogP contribution in [0.1, 0.15) is 6.92 Å². The van der Waals surface area contributed by atoms with Crippen molar-refractivity contribution >= 4 is 27.4 Å². The second-order valence-electron chi connectivity index (χ2n) is 3.37. The summed E-state index contributed by atoms with van der Waals surface area (Å²) in [5.41, 5.74) is 5.40. The highest BCUT2D eigenvalue weighted by atomic mass is 32.2. The predicted molar refractivity (Wildman–Crippen MR) is 61.2 cm³/mol. The van der Waals surface area contributed by atoms with E-state index in [0.717, 1.165) is 4.31 Å². The maximum atomic E-state index is 11.6. The highest BCUT2D eigenvalue weighted by molar-refractivity contribution is 7.86. The zero-order valence-corrected chi connectivity index (χ0v) is 10.5. The van der Waals surface area contributed by atoms with Crippen molar-refractivity contribution in [3.8, 4) is 0 Å². The Kier molecular flexibility index (Phi) is 4.93. The van der Waals surface area contributed by atoms with Crippen LogP contribution in [0, 0.1) is 5.92 Å². The molecule has 0 aliphatic carbocycles. The van der Waals surface area contributed by atoms with Crippen LogP contribution in [-0.4, -0.2) is 49.7 Å². The number of hydrogen-bond acceptors (Lipinski definition) is 3. The van der Waals surface area contributed by atoms with Crippen molar-refractivity contribution in [3.05, 3.63) is 0 Å². The van der Waals surface area contributed by atoms with E-state index in [1.54, 1.807) is 6.92 Å². The van der Waals surface area contributed by atoms with E-state index in [1.165, 1.54) is 25.4 Å². The Morgan fingerprint density at radius 2 is 1.86 bits per heavy atom. The first-order valence-corrected chi connectivity index (χ1v) is 5.93. The van der Waals surface area contributed by atoms with Crippen molar-refractivity contribution in [2.75, 3.05) is 27.7 Å². The van der Waals surface area contributed by atoms with Crippen LogP contribution in [0.15, 0.2) is 0 Å². The predicted octanol–water partition coefficient (Wildman–Crippen LogP) is -0.353. The maximum Gasteiger partial charge on any atom is 0.281 e. The van der Waals surface area contributed by atoms with Gasteiger partial charge in [-0.3, -0.25) is 0 Å². The Morgan fingerprint density at radius 1 is 1.43 bits per heavy atom. The first kappa shape index (κ1) is 13.8. The third-order valence-corrected chi connectivity index (χ3v) is 4.13. The minimum atomic E-state index is -3.35. The highest BCUT2D eigenvalue weighted by Crippen LogP contribution is 2.05. The molecular formula is C7H17N3O2S2. The van der Waals surface area contributed by atoms with Gasteiger partial charge in [0.1, 0.15) is 0 Å². The Labute approximate surface area is 91.0 Å². The molecule has 0 bridgehead atoms. The van der Waals surface area contributed by atoms with E-state index in [2.05, 4.69) is 0 Å². The number of thiocarbonyl (C=S) groups is 1. The van der Waals surface area contributed by atoms with Gasteiger partial charge in [-0.25, -0.2) is 0 Å². The molecule has 0 aliphatic rings. The lowest BCUT2D eigenvalue weighted by atomic mass is 10.2. The minimum absolute atomic E-state index is 0.121. The summed E-state index contributed by atoms with van der Waals surface area (Å²) in [6, 6.07) is 0. The van der Waals surface area contributed by atoms with E-state index in [0.29, 0.717) is 11.5 Å². The van der Waals surface area contributed by atoms with Gasteiger partial charge in [0.2, 0.25) is 0 Å². The van der Waals surface area contributed by atoms with Crippen LogP contribution >= 0.6 is 12.2 Å². The van der Waals surface area contributed by atoms with Gasteiger partial charge < -0.3 is 5.73 Å². The minimum Gasteiger partial charge on any atom is -0.393 e. The van der Waals surface area contributed by atoms with E-state index in [1.807, 2.05) is 0 Å². The second kappa shape index (κ2) is 5.01. The lowest BCUT2D eigenvalue weighted by molar-refractivity contribution is 0.402. The summed E-state index contributed by atoms with van der Waals surface area (Å²) < 4.78 is 25.5. The molecular weight excluding hydrogens is 222 g/mol. The molecule has 0 saturated carbocycles. The number of nitrogens with zero attached hydrogens (tertiary/aromatic N) is 2. The molecule has 2 N–H and O–H groups in total. The second-order valence-corrected chi connectivity index (χ2v) is 6.09. The van der Waals surface area contributed by atoms with E-state index in [4.69, 9.17) is 18.0 Å². The molecule has 0 aromatic rings. The van der Waals surface area contributed by atoms with Crippen molar-refractivity contribution in [2.24, 2.45) is 11.7 Å². The molecule has 5 nitrogen and oxygen atoms in total. The topological polar surface area (TPSA) is 66.6 Å². The summed E-state index contributed by atoms with van der Waals surface area (Å²) in [6.07, 6.45) is 0. The van der Waals surface area contributed by atoms with Crippen LogP contribution < -0.4 is 5.73 Å². The molecule has 0 spiro atoms. The Bertz CT molecular complexity index is 300. The van der Waals surface area contributed by atoms with Gasteiger partial charge >= 0.3 is 0 Å². The lowest BCUT2D eigenvalue weighted by Gasteiger charge is -2.23. The Hall–Kier alpha value is -0.240. The summed E-state index contributed by atoms with van der Waals surface area (Å²) in [6.45, 7) is 2.10. The summed E-state index contributed by atoms with van der Waals surface area (Å²) in [7, 11) is 1.12. The molecule has 0 aliphatic heterocycles. The first-order chi connectivity index (χ1) is 6.19. The molecule has 84 valence electrons. The van der Waals surface area contributed by atoms with Gasteiger partial charge in [0.05, 0.1) is 4.99 Å². The van der Waals surface area contributed by atoms with Crippen LogP contribution in [0.4, 0.5) is 0 Å². The van der Waals surface area contributed by atoms with Crippen LogP contribution in [0.5, 0.6) is 0 Å².